The van der Waals surface area contributed by atoms with Gasteiger partial charge in [-0.2, -0.15) is 0 Å². The molecule has 0 aromatic carbocycles. The Bertz CT molecular complexity index is 506. The predicted molar refractivity (Wildman–Crippen MR) is 59.6 cm³/mol. The van der Waals surface area contributed by atoms with Gasteiger partial charge in [0.2, 0.25) is 0 Å². The molecule has 0 amide bonds. The fourth-order valence-corrected chi connectivity index (χ4v) is 2.05. The van der Waals surface area contributed by atoms with E-state index in [1.807, 2.05) is 16.7 Å². The molecule has 2 aromatic rings. The Morgan fingerprint density at radius 2 is 2.44 bits per heavy atom. The van der Waals surface area contributed by atoms with Gasteiger partial charge in [0.1, 0.15) is 6.10 Å². The Morgan fingerprint density at radius 1 is 1.50 bits per heavy atom. The van der Waals surface area contributed by atoms with Crippen LogP contribution in [0, 0.1) is 0 Å². The van der Waals surface area contributed by atoms with Crippen molar-refractivity contribution >= 4 is 17.2 Å². The molecule has 2 aromatic heterocycles. The average molecular weight is 239 g/mol. The zero-order valence-electron chi connectivity index (χ0n) is 8.56. The Labute approximate surface area is 97.4 Å². The highest BCUT2D eigenvalue weighted by Gasteiger charge is 2.21. The van der Waals surface area contributed by atoms with Crippen LogP contribution in [0.4, 0.5) is 0 Å². The summed E-state index contributed by atoms with van der Waals surface area (Å²) in [5.41, 5.74) is 0.674. The molecule has 1 fully saturated rings. The van der Waals surface area contributed by atoms with Gasteiger partial charge in [-0.3, -0.25) is 4.40 Å². The number of morpholine rings is 1. The number of halogens is 1. The van der Waals surface area contributed by atoms with Crippen LogP contribution in [-0.4, -0.2) is 34.3 Å². The summed E-state index contributed by atoms with van der Waals surface area (Å²) in [6, 6.07) is 3.67. The lowest BCUT2D eigenvalue weighted by atomic mass is 10.3. The maximum atomic E-state index is 6.03. The van der Waals surface area contributed by atoms with Crippen LogP contribution in [0.25, 0.3) is 5.65 Å². The lowest BCUT2D eigenvalue weighted by Crippen LogP contribution is -2.34. The first-order chi connectivity index (χ1) is 7.86. The van der Waals surface area contributed by atoms with Crippen LogP contribution in [-0.2, 0) is 4.74 Å². The van der Waals surface area contributed by atoms with Crippen LogP contribution in [0.2, 0.25) is 5.02 Å². The normalized spacial score (nSPS) is 21.4. The van der Waals surface area contributed by atoms with Crippen LogP contribution in [0.3, 0.4) is 0 Å². The van der Waals surface area contributed by atoms with Gasteiger partial charge in [-0.15, -0.1) is 10.2 Å². The van der Waals surface area contributed by atoms with Gasteiger partial charge in [0, 0.05) is 19.3 Å². The van der Waals surface area contributed by atoms with E-state index in [4.69, 9.17) is 16.3 Å². The van der Waals surface area contributed by atoms with Gasteiger partial charge >= 0.3 is 0 Å². The molecule has 3 rings (SSSR count). The van der Waals surface area contributed by atoms with Crippen molar-refractivity contribution in [3.63, 3.8) is 0 Å². The second-order valence-corrected chi connectivity index (χ2v) is 4.08. The number of rotatable bonds is 1. The van der Waals surface area contributed by atoms with E-state index in [1.165, 1.54) is 0 Å². The molecule has 0 radical (unpaired) electrons. The number of pyridine rings is 1. The summed E-state index contributed by atoms with van der Waals surface area (Å²) in [5.74, 6) is 0.796. The quantitative estimate of drug-likeness (QED) is 0.807. The molecule has 1 aliphatic rings. The summed E-state index contributed by atoms with van der Waals surface area (Å²) in [6.45, 7) is 2.33. The predicted octanol–water partition coefficient (Wildman–Crippen LogP) is 1.04. The minimum absolute atomic E-state index is 0.0535. The molecule has 0 saturated carbocycles. The maximum Gasteiger partial charge on any atom is 0.179 e. The van der Waals surface area contributed by atoms with Gasteiger partial charge in [-0.1, -0.05) is 11.6 Å². The fourth-order valence-electron chi connectivity index (χ4n) is 1.85. The van der Waals surface area contributed by atoms with Crippen LogP contribution < -0.4 is 5.32 Å². The highest BCUT2D eigenvalue weighted by molar-refractivity contribution is 6.33. The Hall–Kier alpha value is -1.17. The number of hydrogen-bond donors (Lipinski definition) is 1. The fraction of sp³-hybridized carbons (Fsp3) is 0.400. The summed E-state index contributed by atoms with van der Waals surface area (Å²) < 4.78 is 7.52. The molecule has 1 aliphatic heterocycles. The van der Waals surface area contributed by atoms with Gasteiger partial charge in [-0.25, -0.2) is 0 Å². The number of nitrogens with zero attached hydrogens (tertiary/aromatic N) is 3. The van der Waals surface area contributed by atoms with E-state index in [1.54, 1.807) is 6.07 Å². The summed E-state index contributed by atoms with van der Waals surface area (Å²) in [4.78, 5) is 0. The number of hydrogen-bond acceptors (Lipinski definition) is 4. The first-order valence-corrected chi connectivity index (χ1v) is 5.55. The van der Waals surface area contributed by atoms with Gasteiger partial charge in [0.15, 0.2) is 11.5 Å². The highest BCUT2D eigenvalue weighted by Crippen LogP contribution is 2.21. The summed E-state index contributed by atoms with van der Waals surface area (Å²) >= 11 is 6.03. The third kappa shape index (κ3) is 1.57. The molecule has 3 heterocycles. The second-order valence-electron chi connectivity index (χ2n) is 3.67. The first kappa shape index (κ1) is 10.0. The molecule has 16 heavy (non-hydrogen) atoms. The number of nitrogens with one attached hydrogen (secondary N) is 1. The Kier molecular flexibility index (Phi) is 2.51. The van der Waals surface area contributed by atoms with E-state index in [2.05, 4.69) is 15.5 Å². The summed E-state index contributed by atoms with van der Waals surface area (Å²) in [5, 5.41) is 12.1. The van der Waals surface area contributed by atoms with Crippen molar-refractivity contribution in [2.45, 2.75) is 6.10 Å². The molecule has 1 unspecified atom stereocenters. The highest BCUT2D eigenvalue weighted by atomic mass is 35.5. The van der Waals surface area contributed by atoms with Crippen molar-refractivity contribution in [3.05, 3.63) is 29.2 Å². The van der Waals surface area contributed by atoms with E-state index >= 15 is 0 Å². The molecule has 6 heteroatoms. The van der Waals surface area contributed by atoms with Gasteiger partial charge in [-0.05, 0) is 12.1 Å². The minimum atomic E-state index is -0.0535. The molecule has 1 atom stereocenters. The van der Waals surface area contributed by atoms with E-state index < -0.39 is 0 Å². The van der Waals surface area contributed by atoms with Crippen molar-refractivity contribution in [2.24, 2.45) is 0 Å². The Morgan fingerprint density at radius 3 is 3.25 bits per heavy atom. The van der Waals surface area contributed by atoms with E-state index in [0.29, 0.717) is 17.3 Å². The van der Waals surface area contributed by atoms with Crippen LogP contribution >= 0.6 is 11.6 Å². The average Bonchev–Trinajstić information content (AvgIpc) is 2.75. The maximum absolute atomic E-state index is 6.03. The largest absolute Gasteiger partial charge is 0.368 e. The minimum Gasteiger partial charge on any atom is -0.368 e. The van der Waals surface area contributed by atoms with Crippen molar-refractivity contribution in [3.8, 4) is 0 Å². The van der Waals surface area contributed by atoms with E-state index in [9.17, 15) is 0 Å². The smallest absolute Gasteiger partial charge is 0.179 e. The summed E-state index contributed by atoms with van der Waals surface area (Å²) in [7, 11) is 0. The zero-order valence-corrected chi connectivity index (χ0v) is 9.31. The molecule has 0 aliphatic carbocycles. The molecule has 5 nitrogen and oxygen atoms in total. The molecular weight excluding hydrogens is 228 g/mol. The van der Waals surface area contributed by atoms with Crippen molar-refractivity contribution in [1.29, 1.82) is 0 Å². The topological polar surface area (TPSA) is 51.5 Å². The standard InChI is InChI=1S/C10H11ClN4O/c11-7-2-1-4-15-9(7)13-14-10(15)8-6-12-3-5-16-8/h1-2,4,8,12H,3,5-6H2. The first-order valence-electron chi connectivity index (χ1n) is 5.18. The number of fused-ring (bicyclic) bond motifs is 1. The zero-order chi connectivity index (χ0) is 11.0. The van der Waals surface area contributed by atoms with Crippen molar-refractivity contribution < 1.29 is 4.74 Å². The van der Waals surface area contributed by atoms with Gasteiger partial charge < -0.3 is 10.1 Å². The van der Waals surface area contributed by atoms with Crippen molar-refractivity contribution in [2.75, 3.05) is 19.7 Å². The third-order valence-electron chi connectivity index (χ3n) is 2.63. The second kappa shape index (κ2) is 4.01. The molecule has 1 N–H and O–H groups in total. The Balaban J connectivity index is 2.06. The lowest BCUT2D eigenvalue weighted by molar-refractivity contribution is 0.0215. The van der Waals surface area contributed by atoms with Gasteiger partial charge in [0.25, 0.3) is 0 Å². The molecular formula is C10H11ClN4O. The van der Waals surface area contributed by atoms with Crippen molar-refractivity contribution in [1.82, 2.24) is 19.9 Å². The SMILES string of the molecule is Clc1cccn2c(C3CNCCO3)nnc12. The van der Waals surface area contributed by atoms with E-state index in [-0.39, 0.29) is 6.10 Å². The van der Waals surface area contributed by atoms with Crippen LogP contribution in [0.5, 0.6) is 0 Å². The van der Waals surface area contributed by atoms with Crippen LogP contribution in [0.1, 0.15) is 11.9 Å². The molecule has 84 valence electrons. The summed E-state index contributed by atoms with van der Waals surface area (Å²) in [6.07, 6.45) is 1.84. The number of aromatic nitrogens is 3. The van der Waals surface area contributed by atoms with Crippen LogP contribution in [0.15, 0.2) is 18.3 Å². The molecule has 1 saturated heterocycles. The number of ether oxygens (including phenoxy) is 1. The van der Waals surface area contributed by atoms with E-state index in [0.717, 1.165) is 18.9 Å². The third-order valence-corrected chi connectivity index (χ3v) is 2.92. The lowest BCUT2D eigenvalue weighted by Gasteiger charge is -2.21. The molecule has 0 bridgehead atoms. The monoisotopic (exact) mass is 238 g/mol. The van der Waals surface area contributed by atoms with Gasteiger partial charge in [0.05, 0.1) is 11.6 Å². The molecule has 0 spiro atoms.